The predicted octanol–water partition coefficient (Wildman–Crippen LogP) is 13.2. The Bertz CT molecular complexity index is 1140. The van der Waals surface area contributed by atoms with Crippen LogP contribution in [0.5, 0.6) is 0 Å². The highest BCUT2D eigenvalue weighted by Gasteiger charge is 2.23. The summed E-state index contributed by atoms with van der Waals surface area (Å²) in [5, 5.41) is 13.8. The number of aliphatic hydroxyl groups is 1. The van der Waals surface area contributed by atoms with Gasteiger partial charge >= 0.3 is 0 Å². The first-order valence-corrected chi connectivity index (χ1v) is 25.6. The Kier molecular flexibility index (Phi) is 40.3. The molecule has 344 valence electrons. The van der Waals surface area contributed by atoms with Crippen molar-refractivity contribution >= 4 is 13.7 Å². The molecule has 8 nitrogen and oxygen atoms in total. The monoisotopic (exact) mass is 849 g/mol. The van der Waals surface area contributed by atoms with Crippen LogP contribution in [0.15, 0.2) is 60.8 Å². The van der Waals surface area contributed by atoms with Crippen LogP contribution < -0.4 is 10.2 Å². The van der Waals surface area contributed by atoms with Crippen LogP contribution in [0.4, 0.5) is 0 Å². The van der Waals surface area contributed by atoms with Gasteiger partial charge in [-0.2, -0.15) is 0 Å². The molecule has 0 aliphatic heterocycles. The Morgan fingerprint density at radius 3 is 1.56 bits per heavy atom. The number of unbranched alkanes of at least 4 members (excludes halogenated alkanes) is 22. The third-order valence-corrected chi connectivity index (χ3v) is 11.4. The number of hydrogen-bond acceptors (Lipinski definition) is 6. The van der Waals surface area contributed by atoms with Gasteiger partial charge < -0.3 is 28.8 Å². The molecule has 2 N–H and O–H groups in total. The van der Waals surface area contributed by atoms with Crippen LogP contribution in [0, 0.1) is 0 Å². The Hall–Kier alpha value is -1.80. The van der Waals surface area contributed by atoms with E-state index in [4.69, 9.17) is 9.05 Å². The van der Waals surface area contributed by atoms with Crippen molar-refractivity contribution < 1.29 is 32.9 Å². The third-order valence-electron chi connectivity index (χ3n) is 10.4. The van der Waals surface area contributed by atoms with E-state index in [1.807, 2.05) is 27.2 Å². The van der Waals surface area contributed by atoms with E-state index in [2.05, 4.69) is 67.8 Å². The Balaban J connectivity index is 4.38. The molecule has 0 aromatic carbocycles. The fourth-order valence-electron chi connectivity index (χ4n) is 6.63. The van der Waals surface area contributed by atoms with Crippen LogP contribution in [0.25, 0.3) is 0 Å². The highest BCUT2D eigenvalue weighted by Crippen LogP contribution is 2.38. The minimum Gasteiger partial charge on any atom is -0.756 e. The number of likely N-dealkylation sites (N-methyl/N-ethyl adjacent to an activating group) is 1. The number of phosphoric acid groups is 1. The standard InChI is InChI=1S/C50H93N2O6P/c1-6-8-10-12-14-16-18-20-22-24-25-26-27-28-30-32-34-36-38-40-42-44-50(54)51-48(47-58-59(55,56)57-46-45-52(3,4)5)49(53)43-41-39-37-35-33-31-29-23-21-19-17-15-13-11-9-7-2/h8,10,14,16,21,23,33,35,41,43,48-49,53H,6-7,9,11-13,15,17-20,22,24-32,34,36-40,42,44-47H2,1-5H3,(H-,51,54,55,56)/b10-8-,16-14-,23-21+,35-33+,43-41+. The van der Waals surface area contributed by atoms with Crippen molar-refractivity contribution in [3.8, 4) is 0 Å². The highest BCUT2D eigenvalue weighted by molar-refractivity contribution is 7.45. The lowest BCUT2D eigenvalue weighted by molar-refractivity contribution is -0.870. The van der Waals surface area contributed by atoms with Crippen molar-refractivity contribution in [2.24, 2.45) is 0 Å². The molecule has 0 bridgehead atoms. The average molecular weight is 849 g/mol. The second-order valence-electron chi connectivity index (χ2n) is 17.4. The molecule has 0 spiro atoms. The van der Waals surface area contributed by atoms with Crippen LogP contribution in [0.1, 0.15) is 200 Å². The lowest BCUT2D eigenvalue weighted by Gasteiger charge is -2.29. The van der Waals surface area contributed by atoms with Crippen LogP contribution in [-0.2, 0) is 18.4 Å². The van der Waals surface area contributed by atoms with Gasteiger partial charge in [-0.15, -0.1) is 0 Å². The summed E-state index contributed by atoms with van der Waals surface area (Å²) >= 11 is 0. The topological polar surface area (TPSA) is 108 Å². The second-order valence-corrected chi connectivity index (χ2v) is 18.8. The summed E-state index contributed by atoms with van der Waals surface area (Å²) in [6.45, 7) is 4.50. The van der Waals surface area contributed by atoms with Crippen molar-refractivity contribution in [3.63, 3.8) is 0 Å². The Morgan fingerprint density at radius 1 is 0.610 bits per heavy atom. The molecule has 0 radical (unpaired) electrons. The summed E-state index contributed by atoms with van der Waals surface area (Å²) in [4.78, 5) is 25.4. The van der Waals surface area contributed by atoms with E-state index in [9.17, 15) is 19.4 Å². The zero-order valence-corrected chi connectivity index (χ0v) is 39.8. The summed E-state index contributed by atoms with van der Waals surface area (Å²) in [7, 11) is 1.23. The zero-order valence-electron chi connectivity index (χ0n) is 38.9. The SMILES string of the molecule is CC/C=C\C/C=C\CCCCCCCCCCCCCCCCC(=O)NC(COP(=O)([O-])OCC[N+](C)(C)C)C(O)/C=C/CC/C=C/CC/C=C/CCCCCCCC. The minimum atomic E-state index is -4.60. The lowest BCUT2D eigenvalue weighted by Crippen LogP contribution is -2.45. The number of nitrogens with zero attached hydrogens (tertiary/aromatic N) is 1. The number of amides is 1. The van der Waals surface area contributed by atoms with Gasteiger partial charge in [-0.25, -0.2) is 0 Å². The number of carbonyl (C=O) groups is 1. The molecule has 0 aromatic heterocycles. The predicted molar refractivity (Wildman–Crippen MR) is 251 cm³/mol. The summed E-state index contributed by atoms with van der Waals surface area (Å²) in [6, 6.07) is -0.910. The lowest BCUT2D eigenvalue weighted by atomic mass is 10.0. The zero-order chi connectivity index (χ0) is 43.6. The van der Waals surface area contributed by atoms with Crippen molar-refractivity contribution in [2.45, 2.75) is 212 Å². The van der Waals surface area contributed by atoms with Gasteiger partial charge in [0.1, 0.15) is 13.2 Å². The Labute approximate surface area is 364 Å². The van der Waals surface area contributed by atoms with Gasteiger partial charge in [-0.05, 0) is 70.6 Å². The number of nitrogens with one attached hydrogen (secondary N) is 1. The second kappa shape index (κ2) is 41.5. The summed E-state index contributed by atoms with van der Waals surface area (Å²) in [5.74, 6) is -0.214. The quantitative estimate of drug-likeness (QED) is 0.0274. The fourth-order valence-corrected chi connectivity index (χ4v) is 7.36. The number of aliphatic hydroxyl groups excluding tert-OH is 1. The van der Waals surface area contributed by atoms with Crippen molar-refractivity contribution in [1.29, 1.82) is 0 Å². The smallest absolute Gasteiger partial charge is 0.268 e. The maximum Gasteiger partial charge on any atom is 0.268 e. The van der Waals surface area contributed by atoms with Crippen LogP contribution in [0.2, 0.25) is 0 Å². The molecule has 0 rings (SSSR count). The van der Waals surface area contributed by atoms with Gasteiger partial charge in [-0.3, -0.25) is 9.36 Å². The minimum absolute atomic E-state index is 0.0105. The summed E-state index contributed by atoms with van der Waals surface area (Å²) in [6.07, 6.45) is 54.2. The molecular formula is C50H93N2O6P. The van der Waals surface area contributed by atoms with Gasteiger partial charge in [0.15, 0.2) is 0 Å². The van der Waals surface area contributed by atoms with Crippen LogP contribution in [0.3, 0.4) is 0 Å². The summed E-state index contributed by atoms with van der Waals surface area (Å²) in [5.41, 5.74) is 0. The number of phosphoric ester groups is 1. The molecule has 0 saturated heterocycles. The van der Waals surface area contributed by atoms with E-state index in [0.29, 0.717) is 17.4 Å². The molecule has 0 saturated carbocycles. The van der Waals surface area contributed by atoms with E-state index in [1.165, 1.54) is 122 Å². The third kappa shape index (κ3) is 44.1. The van der Waals surface area contributed by atoms with Gasteiger partial charge in [0.05, 0.1) is 39.9 Å². The van der Waals surface area contributed by atoms with Gasteiger partial charge in [-0.1, -0.05) is 184 Å². The highest BCUT2D eigenvalue weighted by atomic mass is 31.2. The van der Waals surface area contributed by atoms with Crippen LogP contribution >= 0.6 is 7.82 Å². The Morgan fingerprint density at radius 2 is 1.05 bits per heavy atom. The first-order valence-electron chi connectivity index (χ1n) is 24.2. The molecule has 0 aliphatic carbocycles. The molecule has 59 heavy (non-hydrogen) atoms. The first-order chi connectivity index (χ1) is 28.5. The maximum atomic E-state index is 12.9. The van der Waals surface area contributed by atoms with E-state index in [-0.39, 0.29) is 12.5 Å². The largest absolute Gasteiger partial charge is 0.756 e. The molecule has 0 heterocycles. The number of carbonyl (C=O) groups excluding carboxylic acids is 1. The molecule has 0 aromatic rings. The van der Waals surface area contributed by atoms with Gasteiger partial charge in [0.25, 0.3) is 7.82 Å². The molecular weight excluding hydrogens is 756 g/mol. The molecule has 3 unspecified atom stereocenters. The van der Waals surface area contributed by atoms with Gasteiger partial charge in [0.2, 0.25) is 5.91 Å². The molecule has 9 heteroatoms. The van der Waals surface area contributed by atoms with Crippen molar-refractivity contribution in [3.05, 3.63) is 60.8 Å². The number of hydrogen-bond donors (Lipinski definition) is 2. The molecule has 0 aliphatic rings. The van der Waals surface area contributed by atoms with E-state index < -0.39 is 26.6 Å². The van der Waals surface area contributed by atoms with E-state index in [0.717, 1.165) is 57.8 Å². The van der Waals surface area contributed by atoms with E-state index >= 15 is 0 Å². The number of quaternary nitrogens is 1. The van der Waals surface area contributed by atoms with E-state index in [1.54, 1.807) is 6.08 Å². The molecule has 1 amide bonds. The number of rotatable bonds is 43. The molecule has 0 fully saturated rings. The van der Waals surface area contributed by atoms with Crippen molar-refractivity contribution in [1.82, 2.24) is 5.32 Å². The summed E-state index contributed by atoms with van der Waals surface area (Å²) < 4.78 is 23.2. The maximum absolute atomic E-state index is 12.9. The fraction of sp³-hybridized carbons (Fsp3) is 0.780. The average Bonchev–Trinajstić information content (AvgIpc) is 3.19. The number of allylic oxidation sites excluding steroid dienone is 9. The first kappa shape index (κ1) is 57.2. The van der Waals surface area contributed by atoms with Gasteiger partial charge in [0, 0.05) is 6.42 Å². The van der Waals surface area contributed by atoms with Crippen molar-refractivity contribution in [2.75, 3.05) is 40.9 Å². The normalized spacial score (nSPS) is 14.8. The molecule has 3 atom stereocenters. The van der Waals surface area contributed by atoms with Crippen LogP contribution in [-0.4, -0.2) is 68.5 Å².